The Bertz CT molecular complexity index is 1710. The van der Waals surface area contributed by atoms with Gasteiger partial charge >= 0.3 is 0 Å². The molecular weight excluding hydrogens is 694 g/mol. The molecule has 2 saturated heterocycles. The molecule has 0 spiro atoms. The molecular formula is C27H16BrCl2F5N2O6. The van der Waals surface area contributed by atoms with Crippen LogP contribution in [0.15, 0.2) is 28.3 Å². The summed E-state index contributed by atoms with van der Waals surface area (Å²) >= 11 is 17.1. The Morgan fingerprint density at radius 1 is 0.953 bits per heavy atom. The minimum absolute atomic E-state index is 0.00665. The number of imide groups is 2. The number of aromatic hydroxyl groups is 1. The number of hydrogen-bond donors (Lipinski definition) is 2. The molecule has 4 aliphatic rings. The van der Waals surface area contributed by atoms with Crippen molar-refractivity contribution in [2.24, 2.45) is 17.8 Å². The number of amides is 4. The Kier molecular flexibility index (Phi) is 6.68. The summed E-state index contributed by atoms with van der Waals surface area (Å²) < 4.78 is 77.6. The van der Waals surface area contributed by atoms with Gasteiger partial charge in [-0.1, -0.05) is 11.6 Å². The van der Waals surface area contributed by atoms with Crippen molar-refractivity contribution in [3.8, 4) is 11.5 Å². The van der Waals surface area contributed by atoms with Crippen LogP contribution in [0.25, 0.3) is 0 Å². The maximum atomic E-state index is 15.0. The Labute approximate surface area is 256 Å². The summed E-state index contributed by atoms with van der Waals surface area (Å²) in [5, 5.41) is 12.6. The Balaban J connectivity index is 1.64. The van der Waals surface area contributed by atoms with Crippen LogP contribution >= 0.6 is 39.1 Å². The molecule has 2 aliphatic carbocycles. The summed E-state index contributed by atoms with van der Waals surface area (Å²) in [6.07, 6.45) is 0.934. The van der Waals surface area contributed by atoms with Gasteiger partial charge in [0, 0.05) is 5.92 Å². The van der Waals surface area contributed by atoms with E-state index in [1.165, 1.54) is 19.2 Å². The average molecular weight is 710 g/mol. The van der Waals surface area contributed by atoms with Crippen molar-refractivity contribution < 1.29 is 51.0 Å². The van der Waals surface area contributed by atoms with Crippen LogP contribution in [0.4, 0.5) is 27.6 Å². The summed E-state index contributed by atoms with van der Waals surface area (Å²) in [6, 6.07) is 2.55. The number of phenols is 1. The third kappa shape index (κ3) is 3.65. The van der Waals surface area contributed by atoms with Crippen molar-refractivity contribution in [1.82, 2.24) is 5.32 Å². The van der Waals surface area contributed by atoms with Gasteiger partial charge in [-0.05, 0) is 52.4 Å². The summed E-state index contributed by atoms with van der Waals surface area (Å²) in [6.45, 7) is 0. The van der Waals surface area contributed by atoms with Gasteiger partial charge in [-0.15, -0.1) is 23.2 Å². The first-order chi connectivity index (χ1) is 20.1. The number of hydrogen-bond acceptors (Lipinski definition) is 6. The van der Waals surface area contributed by atoms with Crippen LogP contribution < -0.4 is 15.0 Å². The lowest BCUT2D eigenvalue weighted by Gasteiger charge is -2.50. The zero-order chi connectivity index (χ0) is 31.5. The fourth-order valence-electron chi connectivity index (χ4n) is 6.77. The van der Waals surface area contributed by atoms with Crippen LogP contribution in [0, 0.1) is 46.8 Å². The number of ether oxygens (including phenoxy) is 1. The monoisotopic (exact) mass is 708 g/mol. The molecule has 2 N–H and O–H groups in total. The molecule has 3 fully saturated rings. The number of methoxy groups -OCH3 is 1. The molecule has 6 atom stereocenters. The second kappa shape index (κ2) is 9.63. The van der Waals surface area contributed by atoms with Gasteiger partial charge in [-0.3, -0.25) is 24.5 Å². The van der Waals surface area contributed by atoms with Crippen molar-refractivity contribution in [2.75, 3.05) is 12.0 Å². The second-order valence-corrected chi connectivity index (χ2v) is 12.7. The zero-order valence-corrected chi connectivity index (χ0v) is 24.5. The lowest BCUT2D eigenvalue weighted by atomic mass is 9.56. The summed E-state index contributed by atoms with van der Waals surface area (Å²) in [5.41, 5.74) is -1.54. The number of allylic oxidation sites excluding steroid dienone is 2. The lowest BCUT2D eigenvalue weighted by molar-refractivity contribution is -0.127. The van der Waals surface area contributed by atoms with E-state index >= 15 is 8.78 Å². The number of nitrogens with zero attached hydrogens (tertiary/aromatic N) is 1. The Morgan fingerprint density at radius 2 is 1.56 bits per heavy atom. The Hall–Kier alpha value is -3.23. The average Bonchev–Trinajstić information content (AvgIpc) is 3.34. The van der Waals surface area contributed by atoms with Gasteiger partial charge in [0.05, 0.1) is 23.4 Å². The highest BCUT2D eigenvalue weighted by atomic mass is 79.9. The topological polar surface area (TPSA) is 113 Å². The van der Waals surface area contributed by atoms with Crippen LogP contribution in [-0.2, 0) is 19.2 Å². The molecule has 0 unspecified atom stereocenters. The first kappa shape index (κ1) is 29.8. The van der Waals surface area contributed by atoms with Crippen LogP contribution in [0.1, 0.15) is 24.3 Å². The summed E-state index contributed by atoms with van der Waals surface area (Å²) in [7, 11) is 1.21. The molecule has 0 bridgehead atoms. The molecule has 0 radical (unpaired) electrons. The second-order valence-electron chi connectivity index (χ2n) is 10.6. The van der Waals surface area contributed by atoms with Gasteiger partial charge in [0.2, 0.25) is 17.6 Å². The number of nitrogens with one attached hydrogen (secondary N) is 1. The smallest absolute Gasteiger partial charge is 0.258 e. The maximum absolute atomic E-state index is 15.0. The molecule has 2 aromatic rings. The molecule has 6 rings (SSSR count). The van der Waals surface area contributed by atoms with E-state index in [0.29, 0.717) is 0 Å². The molecule has 16 heteroatoms. The third-order valence-corrected chi connectivity index (χ3v) is 10.7. The zero-order valence-electron chi connectivity index (χ0n) is 21.4. The molecule has 2 heterocycles. The molecule has 43 heavy (non-hydrogen) atoms. The van der Waals surface area contributed by atoms with Gasteiger partial charge in [0.25, 0.3) is 11.8 Å². The van der Waals surface area contributed by atoms with E-state index in [4.69, 9.17) is 27.9 Å². The highest BCUT2D eigenvalue weighted by Crippen LogP contribution is 2.66. The van der Waals surface area contributed by atoms with Gasteiger partial charge in [-0.2, -0.15) is 0 Å². The van der Waals surface area contributed by atoms with Crippen LogP contribution in [0.2, 0.25) is 0 Å². The van der Waals surface area contributed by atoms with Crippen molar-refractivity contribution in [3.63, 3.8) is 0 Å². The van der Waals surface area contributed by atoms with Crippen LogP contribution in [0.3, 0.4) is 0 Å². The fraction of sp³-hybridized carbons (Fsp3) is 0.333. The van der Waals surface area contributed by atoms with E-state index in [-0.39, 0.29) is 38.4 Å². The molecule has 4 amide bonds. The first-order valence-corrected chi connectivity index (χ1v) is 14.1. The molecule has 0 aromatic heterocycles. The van der Waals surface area contributed by atoms with Crippen LogP contribution in [0.5, 0.6) is 11.5 Å². The summed E-state index contributed by atoms with van der Waals surface area (Å²) in [5.74, 6) is -21.8. The highest BCUT2D eigenvalue weighted by Gasteiger charge is 2.77. The molecule has 2 aliphatic heterocycles. The van der Waals surface area contributed by atoms with Gasteiger partial charge in [-0.25, -0.2) is 26.9 Å². The molecule has 1 saturated carbocycles. The molecule has 8 nitrogen and oxygen atoms in total. The van der Waals surface area contributed by atoms with E-state index in [1.54, 1.807) is 6.08 Å². The fourth-order valence-corrected chi connectivity index (χ4v) is 8.16. The number of benzene rings is 2. The van der Waals surface area contributed by atoms with Crippen molar-refractivity contribution in [3.05, 3.63) is 62.9 Å². The standard InChI is InChI=1S/C27H16BrCl2F5N2O6/c1-43-12-5-7(4-11(28)21(12)38)14-8-2-3-9-13(23(40)36-22(9)39)10(8)6-26(29)24(41)37(25(42)27(14,26)30)20-18(34)16(32)15(31)17(33)19(20)35/h2,4-5,9-10,13-14,38H,3,6H2,1H3,(H,36,39,40)/t9-,10+,13-,14-,26+,27-/m0/s1. The lowest BCUT2D eigenvalue weighted by Crippen LogP contribution is -2.60. The number of phenolic OH excluding ortho intramolecular Hbond substituents is 1. The van der Waals surface area contributed by atoms with E-state index in [9.17, 15) is 37.5 Å². The molecule has 2 aromatic carbocycles. The van der Waals surface area contributed by atoms with Crippen molar-refractivity contribution >= 4 is 68.4 Å². The normalized spacial score (nSPS) is 31.5. The van der Waals surface area contributed by atoms with Gasteiger partial charge in [0.1, 0.15) is 5.69 Å². The largest absolute Gasteiger partial charge is 0.503 e. The van der Waals surface area contributed by atoms with E-state index in [1.807, 2.05) is 0 Å². The number of fused-ring (bicyclic) bond motifs is 4. The number of carbonyl (C=O) groups excluding carboxylic acids is 4. The van der Waals surface area contributed by atoms with Gasteiger partial charge < -0.3 is 9.84 Å². The predicted octanol–water partition coefficient (Wildman–Crippen LogP) is 4.71. The molecule has 226 valence electrons. The van der Waals surface area contributed by atoms with E-state index < -0.39 is 98.2 Å². The third-order valence-electron chi connectivity index (χ3n) is 8.67. The van der Waals surface area contributed by atoms with Crippen LogP contribution in [-0.4, -0.2) is 45.6 Å². The minimum atomic E-state index is -2.68. The quantitative estimate of drug-likeness (QED) is 0.119. The van der Waals surface area contributed by atoms with Gasteiger partial charge in [0.15, 0.2) is 44.5 Å². The van der Waals surface area contributed by atoms with Crippen molar-refractivity contribution in [1.29, 1.82) is 0 Å². The predicted molar refractivity (Wildman–Crippen MR) is 142 cm³/mol. The maximum Gasteiger partial charge on any atom is 0.258 e. The number of alkyl halides is 2. The number of halogens is 8. The minimum Gasteiger partial charge on any atom is -0.503 e. The summed E-state index contributed by atoms with van der Waals surface area (Å²) in [4.78, 5) is 48.0. The van der Waals surface area contributed by atoms with E-state index in [2.05, 4.69) is 21.2 Å². The van der Waals surface area contributed by atoms with E-state index in [0.717, 1.165) is 0 Å². The Morgan fingerprint density at radius 3 is 2.16 bits per heavy atom. The first-order valence-electron chi connectivity index (χ1n) is 12.5. The van der Waals surface area contributed by atoms with Crippen molar-refractivity contribution in [2.45, 2.75) is 28.5 Å². The number of anilines is 1. The highest BCUT2D eigenvalue weighted by molar-refractivity contribution is 9.10. The SMILES string of the molecule is COc1cc([C@H]2C3=CC[C@@H]4C(=O)NC(=O)[C@@H]4[C@@H]3C[C@@]3(Cl)C(=O)N(c4c(F)c(F)c(F)c(F)c4F)C(=O)[C@@]23Cl)cc(Br)c1O. The number of rotatable bonds is 3. The number of carbonyl (C=O) groups is 4.